The van der Waals surface area contributed by atoms with Crippen LogP contribution in [0.1, 0.15) is 34.7 Å². The molecule has 1 aromatic heterocycles. The number of anilines is 1. The molecule has 2 N–H and O–H groups in total. The first-order valence-electron chi connectivity index (χ1n) is 9.39. The van der Waals surface area contributed by atoms with E-state index in [0.29, 0.717) is 32.3 Å². The Morgan fingerprint density at radius 2 is 1.84 bits per heavy atom. The predicted octanol–water partition coefficient (Wildman–Crippen LogP) is 4.65. The summed E-state index contributed by atoms with van der Waals surface area (Å²) in [6.07, 6.45) is 0. The first kappa shape index (κ1) is 23.1. The molecule has 3 aromatic rings. The molecule has 0 aliphatic heterocycles. The fraction of sp³-hybridized carbons (Fsp3) is 0.238. The van der Waals surface area contributed by atoms with Gasteiger partial charge in [-0.1, -0.05) is 52.7 Å². The molecule has 0 spiro atoms. The van der Waals surface area contributed by atoms with E-state index in [9.17, 15) is 9.59 Å². The fourth-order valence-electron chi connectivity index (χ4n) is 2.79. The van der Waals surface area contributed by atoms with Crippen molar-refractivity contribution in [1.82, 2.24) is 20.1 Å². The summed E-state index contributed by atoms with van der Waals surface area (Å²) in [5.74, 6) is 0.280. The van der Waals surface area contributed by atoms with Crippen molar-refractivity contribution in [2.45, 2.75) is 25.0 Å². The van der Waals surface area contributed by atoms with Crippen LogP contribution in [0.2, 0.25) is 10.0 Å². The van der Waals surface area contributed by atoms with Crippen LogP contribution < -0.4 is 10.6 Å². The van der Waals surface area contributed by atoms with Crippen LogP contribution in [-0.4, -0.2) is 32.3 Å². The minimum atomic E-state index is -0.359. The molecule has 10 heteroatoms. The molecular weight excluding hydrogens is 457 g/mol. The van der Waals surface area contributed by atoms with Crippen LogP contribution in [0.15, 0.2) is 47.6 Å². The van der Waals surface area contributed by atoms with Crippen LogP contribution in [0, 0.1) is 6.92 Å². The Morgan fingerprint density at radius 1 is 1.13 bits per heavy atom. The number of carbonyl (C=O) groups is 2. The molecule has 1 atom stereocenters. The molecule has 0 saturated heterocycles. The lowest BCUT2D eigenvalue weighted by Gasteiger charge is -2.14. The molecule has 2 aromatic carbocycles. The van der Waals surface area contributed by atoms with E-state index in [1.807, 2.05) is 26.0 Å². The number of aryl methyl sites for hydroxylation is 1. The van der Waals surface area contributed by atoms with Crippen molar-refractivity contribution in [3.05, 3.63) is 69.5 Å². The van der Waals surface area contributed by atoms with Gasteiger partial charge in [-0.25, -0.2) is 0 Å². The van der Waals surface area contributed by atoms with Crippen molar-refractivity contribution in [3.63, 3.8) is 0 Å². The summed E-state index contributed by atoms with van der Waals surface area (Å²) in [4.78, 5) is 24.7. The van der Waals surface area contributed by atoms with Crippen molar-refractivity contribution in [3.8, 4) is 0 Å². The van der Waals surface area contributed by atoms with Gasteiger partial charge in [0.1, 0.15) is 0 Å². The number of rotatable bonds is 7. The summed E-state index contributed by atoms with van der Waals surface area (Å²) in [6, 6.07) is 11.8. The van der Waals surface area contributed by atoms with E-state index in [2.05, 4.69) is 20.8 Å². The predicted molar refractivity (Wildman–Crippen MR) is 124 cm³/mol. The zero-order valence-electron chi connectivity index (χ0n) is 17.1. The lowest BCUT2D eigenvalue weighted by Crippen LogP contribution is -2.28. The van der Waals surface area contributed by atoms with Crippen LogP contribution >= 0.6 is 35.0 Å². The molecule has 2 amide bonds. The third-order valence-corrected chi connectivity index (χ3v) is 6.02. The summed E-state index contributed by atoms with van der Waals surface area (Å²) in [5, 5.41) is 15.4. The first-order chi connectivity index (χ1) is 14.7. The van der Waals surface area contributed by atoms with Crippen molar-refractivity contribution < 1.29 is 9.59 Å². The zero-order valence-corrected chi connectivity index (χ0v) is 19.5. The molecular formula is C21H21Cl2N5O2S. The highest BCUT2D eigenvalue weighted by Gasteiger charge is 2.19. The van der Waals surface area contributed by atoms with Crippen LogP contribution in [0.5, 0.6) is 0 Å². The summed E-state index contributed by atoms with van der Waals surface area (Å²) < 4.78 is 1.76. The molecule has 31 heavy (non-hydrogen) atoms. The van der Waals surface area contributed by atoms with Crippen LogP contribution in [0.3, 0.4) is 0 Å². The van der Waals surface area contributed by atoms with Gasteiger partial charge in [-0.3, -0.25) is 9.59 Å². The van der Waals surface area contributed by atoms with Crippen molar-refractivity contribution in [1.29, 1.82) is 0 Å². The third kappa shape index (κ3) is 6.00. The SMILES string of the molecule is Cc1ccc(C(=O)N[C@@H](C)c2nnc(SCC(=O)Nc3ccc(Cl)cc3Cl)n2C)cc1. The van der Waals surface area contributed by atoms with Gasteiger partial charge in [-0.05, 0) is 44.2 Å². The van der Waals surface area contributed by atoms with Gasteiger partial charge in [-0.2, -0.15) is 0 Å². The van der Waals surface area contributed by atoms with Gasteiger partial charge < -0.3 is 15.2 Å². The average molecular weight is 478 g/mol. The Balaban J connectivity index is 1.58. The highest BCUT2D eigenvalue weighted by molar-refractivity contribution is 7.99. The summed E-state index contributed by atoms with van der Waals surface area (Å²) >= 11 is 13.2. The van der Waals surface area contributed by atoms with Crippen LogP contribution in [0.25, 0.3) is 0 Å². The lowest BCUT2D eigenvalue weighted by molar-refractivity contribution is -0.113. The summed E-state index contributed by atoms with van der Waals surface area (Å²) in [6.45, 7) is 3.80. The van der Waals surface area contributed by atoms with Crippen molar-refractivity contribution >= 4 is 52.5 Å². The number of amides is 2. The van der Waals surface area contributed by atoms with Crippen LogP contribution in [0.4, 0.5) is 5.69 Å². The second-order valence-electron chi connectivity index (χ2n) is 6.92. The largest absolute Gasteiger partial charge is 0.342 e. The fourth-order valence-corrected chi connectivity index (χ4v) is 3.96. The maximum absolute atomic E-state index is 12.4. The van der Waals surface area contributed by atoms with E-state index < -0.39 is 0 Å². The number of nitrogens with zero attached hydrogens (tertiary/aromatic N) is 3. The molecule has 7 nitrogen and oxygen atoms in total. The van der Waals surface area contributed by atoms with E-state index >= 15 is 0 Å². The van der Waals surface area contributed by atoms with E-state index in [0.717, 1.165) is 5.56 Å². The summed E-state index contributed by atoms with van der Waals surface area (Å²) in [7, 11) is 1.79. The summed E-state index contributed by atoms with van der Waals surface area (Å²) in [5.41, 5.74) is 2.15. The van der Waals surface area contributed by atoms with E-state index in [1.165, 1.54) is 11.8 Å². The van der Waals surface area contributed by atoms with Gasteiger partial charge in [0, 0.05) is 17.6 Å². The number of halogens is 2. The normalized spacial score (nSPS) is 11.8. The van der Waals surface area contributed by atoms with E-state index in [-0.39, 0.29) is 23.6 Å². The second-order valence-corrected chi connectivity index (χ2v) is 8.71. The number of thioether (sulfide) groups is 1. The molecule has 0 fully saturated rings. The Bertz CT molecular complexity index is 1100. The molecule has 1 heterocycles. The average Bonchev–Trinajstić information content (AvgIpc) is 3.09. The number of benzene rings is 2. The monoisotopic (exact) mass is 477 g/mol. The second kappa shape index (κ2) is 10.2. The molecule has 0 saturated carbocycles. The topological polar surface area (TPSA) is 88.9 Å². The smallest absolute Gasteiger partial charge is 0.251 e. The van der Waals surface area contributed by atoms with Gasteiger partial charge in [0.25, 0.3) is 5.91 Å². The highest BCUT2D eigenvalue weighted by atomic mass is 35.5. The number of hydrogen-bond acceptors (Lipinski definition) is 5. The quantitative estimate of drug-likeness (QED) is 0.483. The van der Waals surface area contributed by atoms with Crippen molar-refractivity contribution in [2.75, 3.05) is 11.1 Å². The molecule has 0 radical (unpaired) electrons. The zero-order chi connectivity index (χ0) is 22.5. The van der Waals surface area contributed by atoms with Gasteiger partial charge in [0.15, 0.2) is 11.0 Å². The number of aromatic nitrogens is 3. The molecule has 0 aliphatic carbocycles. The first-order valence-corrected chi connectivity index (χ1v) is 11.1. The van der Waals surface area contributed by atoms with E-state index in [4.69, 9.17) is 23.2 Å². The molecule has 0 aliphatic rings. The highest BCUT2D eigenvalue weighted by Crippen LogP contribution is 2.26. The van der Waals surface area contributed by atoms with Gasteiger partial charge in [0.2, 0.25) is 5.91 Å². The third-order valence-electron chi connectivity index (χ3n) is 4.45. The number of hydrogen-bond donors (Lipinski definition) is 2. The Hall–Kier alpha value is -2.55. The molecule has 3 rings (SSSR count). The van der Waals surface area contributed by atoms with Crippen molar-refractivity contribution in [2.24, 2.45) is 7.05 Å². The molecule has 0 unspecified atom stereocenters. The number of nitrogens with one attached hydrogen (secondary N) is 2. The van der Waals surface area contributed by atoms with Gasteiger partial charge in [-0.15, -0.1) is 10.2 Å². The van der Waals surface area contributed by atoms with E-state index in [1.54, 1.807) is 41.9 Å². The maximum atomic E-state index is 12.4. The van der Waals surface area contributed by atoms with Gasteiger partial charge >= 0.3 is 0 Å². The Kier molecular flexibility index (Phi) is 7.59. The molecule has 0 bridgehead atoms. The number of carbonyl (C=O) groups excluding carboxylic acids is 2. The Morgan fingerprint density at radius 3 is 2.52 bits per heavy atom. The maximum Gasteiger partial charge on any atom is 0.251 e. The van der Waals surface area contributed by atoms with Crippen LogP contribution in [-0.2, 0) is 11.8 Å². The standard InChI is InChI=1S/C21H21Cl2N5O2S/c1-12-4-6-14(7-5-12)20(30)24-13(2)19-26-27-21(28(19)3)31-11-18(29)25-17-9-8-15(22)10-16(17)23/h4-10,13H,11H2,1-3H3,(H,24,30)(H,25,29)/t13-/m0/s1. The van der Waals surface area contributed by atoms with Gasteiger partial charge in [0.05, 0.1) is 22.5 Å². The minimum absolute atomic E-state index is 0.120. The minimum Gasteiger partial charge on any atom is -0.342 e. The molecule has 162 valence electrons. The lowest BCUT2D eigenvalue weighted by atomic mass is 10.1. The Labute approximate surface area is 194 Å².